The minimum atomic E-state index is -3.67. The Hall–Kier alpha value is -0.250. The minimum Gasteiger partial charge on any atom is -0.396 e. The average molecular weight is 260 g/mol. The molecule has 0 amide bonds. The van der Waals surface area contributed by atoms with Gasteiger partial charge >= 0.3 is 0 Å². The molecule has 0 aromatic heterocycles. The zero-order chi connectivity index (χ0) is 13.0. The number of hydrogen-bond donors (Lipinski definition) is 5. The maximum atomic E-state index is 9.19. The first kappa shape index (κ1) is 18.1. The summed E-state index contributed by atoms with van der Waals surface area (Å²) >= 11 is 0. The normalized spacial score (nSPS) is 11.1. The molecule has 0 heterocycles. The quantitative estimate of drug-likeness (QED) is 0.307. The molecule has 0 atom stereocenters. The van der Waals surface area contributed by atoms with E-state index in [9.17, 15) is 8.42 Å². The molecule has 0 bridgehead atoms. The molecule has 0 spiro atoms. The zero-order valence-electron chi connectivity index (χ0n) is 9.46. The third-order valence-corrected chi connectivity index (χ3v) is 1.62. The van der Waals surface area contributed by atoms with Crippen LogP contribution in [0.2, 0.25) is 0 Å². The Morgan fingerprint density at radius 1 is 0.938 bits per heavy atom. The van der Waals surface area contributed by atoms with Gasteiger partial charge in [0.15, 0.2) is 0 Å². The second-order valence-corrected chi connectivity index (χ2v) is 4.72. The standard InChI is InChI=1S/C7H17NO3.CH4O3S/c9-5-1-2-8(3-6-10)4-7-11;1-5(2,3)4/h9-11H,1-7H2;1H3,(H,2,3,4)/p+1. The minimum absolute atomic E-state index is 0.140. The fraction of sp³-hybridized carbons (Fsp3) is 1.00. The fourth-order valence-electron chi connectivity index (χ4n) is 1.02. The highest BCUT2D eigenvalue weighted by atomic mass is 32.2. The highest BCUT2D eigenvalue weighted by Gasteiger charge is 2.04. The molecule has 0 aliphatic heterocycles. The van der Waals surface area contributed by atoms with Crippen molar-refractivity contribution in [3.8, 4) is 0 Å². The lowest BCUT2D eigenvalue weighted by Gasteiger charge is -2.16. The number of quaternary nitrogens is 1. The van der Waals surface area contributed by atoms with Gasteiger partial charge < -0.3 is 20.2 Å². The van der Waals surface area contributed by atoms with E-state index in [4.69, 9.17) is 19.9 Å². The van der Waals surface area contributed by atoms with Crippen LogP contribution in [0.25, 0.3) is 0 Å². The molecule has 0 aliphatic carbocycles. The van der Waals surface area contributed by atoms with E-state index in [1.54, 1.807) is 0 Å². The lowest BCUT2D eigenvalue weighted by Crippen LogP contribution is -3.13. The topological polar surface area (TPSA) is 120 Å². The van der Waals surface area contributed by atoms with Crippen LogP contribution in [-0.4, -0.2) is 74.0 Å². The van der Waals surface area contributed by atoms with E-state index >= 15 is 0 Å². The first-order chi connectivity index (χ1) is 7.35. The number of aliphatic hydroxyl groups excluding tert-OH is 3. The van der Waals surface area contributed by atoms with E-state index in [-0.39, 0.29) is 19.8 Å². The molecule has 100 valence electrons. The van der Waals surface area contributed by atoms with Gasteiger partial charge in [0.25, 0.3) is 10.1 Å². The third kappa shape index (κ3) is 23.5. The molecule has 8 heteroatoms. The molecule has 0 saturated carbocycles. The van der Waals surface area contributed by atoms with Gasteiger partial charge in [-0.05, 0) is 0 Å². The number of nitrogens with one attached hydrogen (secondary N) is 1. The highest BCUT2D eigenvalue weighted by molar-refractivity contribution is 7.85. The smallest absolute Gasteiger partial charge is 0.261 e. The van der Waals surface area contributed by atoms with Gasteiger partial charge in [-0.15, -0.1) is 0 Å². The van der Waals surface area contributed by atoms with Crippen molar-refractivity contribution in [1.82, 2.24) is 0 Å². The molecule has 0 fully saturated rings. The first-order valence-electron chi connectivity index (χ1n) is 4.93. The Labute approximate surface area is 96.1 Å². The molecular weight excluding hydrogens is 238 g/mol. The number of rotatable bonds is 7. The molecule has 0 aliphatic rings. The van der Waals surface area contributed by atoms with Crippen molar-refractivity contribution in [2.45, 2.75) is 6.42 Å². The number of hydrogen-bond acceptors (Lipinski definition) is 5. The van der Waals surface area contributed by atoms with E-state index in [1.807, 2.05) is 0 Å². The van der Waals surface area contributed by atoms with Crippen LogP contribution in [-0.2, 0) is 10.1 Å². The second kappa shape index (κ2) is 11.2. The van der Waals surface area contributed by atoms with Gasteiger partial charge in [-0.3, -0.25) is 4.55 Å². The lowest BCUT2D eigenvalue weighted by molar-refractivity contribution is -0.901. The first-order valence-corrected chi connectivity index (χ1v) is 6.78. The van der Waals surface area contributed by atoms with Crippen LogP contribution in [0.15, 0.2) is 0 Å². The Morgan fingerprint density at radius 2 is 1.31 bits per heavy atom. The van der Waals surface area contributed by atoms with Gasteiger partial charge in [-0.1, -0.05) is 0 Å². The van der Waals surface area contributed by atoms with Gasteiger partial charge in [0.2, 0.25) is 0 Å². The lowest BCUT2D eigenvalue weighted by atomic mass is 10.4. The van der Waals surface area contributed by atoms with Gasteiger partial charge in [-0.2, -0.15) is 8.42 Å². The molecule has 5 N–H and O–H groups in total. The van der Waals surface area contributed by atoms with E-state index in [0.717, 1.165) is 17.9 Å². The molecular formula is C8H22NO6S+. The Bertz CT molecular complexity index is 217. The Morgan fingerprint density at radius 3 is 1.56 bits per heavy atom. The van der Waals surface area contributed by atoms with Crippen LogP contribution in [0.5, 0.6) is 0 Å². The van der Waals surface area contributed by atoms with Crippen molar-refractivity contribution in [3.63, 3.8) is 0 Å². The summed E-state index contributed by atoms with van der Waals surface area (Å²) in [6.07, 6.45) is 1.45. The van der Waals surface area contributed by atoms with E-state index in [1.165, 1.54) is 0 Å². The second-order valence-electron chi connectivity index (χ2n) is 3.26. The summed E-state index contributed by atoms with van der Waals surface area (Å²) in [6, 6.07) is 0. The largest absolute Gasteiger partial charge is 0.396 e. The van der Waals surface area contributed by atoms with Crippen molar-refractivity contribution in [2.24, 2.45) is 0 Å². The van der Waals surface area contributed by atoms with Gasteiger partial charge in [-0.25, -0.2) is 0 Å². The monoisotopic (exact) mass is 260 g/mol. The van der Waals surface area contributed by atoms with Gasteiger partial charge in [0, 0.05) is 13.0 Å². The molecule has 0 aromatic carbocycles. The zero-order valence-corrected chi connectivity index (χ0v) is 10.3. The van der Waals surface area contributed by atoms with Crippen LogP contribution in [0.4, 0.5) is 0 Å². The van der Waals surface area contributed by atoms with E-state index < -0.39 is 10.1 Å². The molecule has 0 saturated heterocycles. The maximum absolute atomic E-state index is 9.19. The predicted octanol–water partition coefficient (Wildman–Crippen LogP) is -3.26. The van der Waals surface area contributed by atoms with Crippen molar-refractivity contribution in [3.05, 3.63) is 0 Å². The molecule has 0 radical (unpaired) electrons. The van der Waals surface area contributed by atoms with Crippen molar-refractivity contribution in [2.75, 3.05) is 45.7 Å². The maximum Gasteiger partial charge on any atom is 0.261 e. The van der Waals surface area contributed by atoms with Crippen molar-refractivity contribution in [1.29, 1.82) is 0 Å². The Balaban J connectivity index is 0. The van der Waals surface area contributed by atoms with Crippen molar-refractivity contribution >= 4 is 10.1 Å². The average Bonchev–Trinajstić information content (AvgIpc) is 2.12. The summed E-state index contributed by atoms with van der Waals surface area (Å²) in [4.78, 5) is 1.14. The highest BCUT2D eigenvalue weighted by Crippen LogP contribution is 1.66. The molecule has 16 heavy (non-hydrogen) atoms. The van der Waals surface area contributed by atoms with Crippen molar-refractivity contribution < 1.29 is 33.2 Å². The Kier molecular flexibility index (Phi) is 12.7. The molecule has 0 rings (SSSR count). The molecule has 7 nitrogen and oxygen atoms in total. The number of aliphatic hydroxyl groups is 3. The van der Waals surface area contributed by atoms with Crippen LogP contribution in [0.1, 0.15) is 6.42 Å². The fourth-order valence-corrected chi connectivity index (χ4v) is 1.02. The summed E-state index contributed by atoms with van der Waals surface area (Å²) in [6.45, 7) is 2.58. The summed E-state index contributed by atoms with van der Waals surface area (Å²) in [5.74, 6) is 0. The molecule has 0 unspecified atom stereocenters. The predicted molar refractivity (Wildman–Crippen MR) is 58.9 cm³/mol. The van der Waals surface area contributed by atoms with Crippen LogP contribution in [0.3, 0.4) is 0 Å². The van der Waals surface area contributed by atoms with E-state index in [2.05, 4.69) is 0 Å². The summed E-state index contributed by atoms with van der Waals surface area (Å²) in [7, 11) is -3.67. The van der Waals surface area contributed by atoms with Crippen LogP contribution < -0.4 is 4.90 Å². The summed E-state index contributed by atoms with van der Waals surface area (Å²) in [5.41, 5.74) is 0. The van der Waals surface area contributed by atoms with Crippen LogP contribution in [0, 0.1) is 0 Å². The van der Waals surface area contributed by atoms with Gasteiger partial charge in [0.1, 0.15) is 13.1 Å². The summed E-state index contributed by atoms with van der Waals surface area (Å²) in [5, 5.41) is 25.7. The SMILES string of the molecule is CS(=O)(=O)O.OCCC[NH+](CCO)CCO. The summed E-state index contributed by atoms with van der Waals surface area (Å²) < 4.78 is 25.9. The van der Waals surface area contributed by atoms with E-state index in [0.29, 0.717) is 19.3 Å². The van der Waals surface area contributed by atoms with Crippen LogP contribution >= 0.6 is 0 Å². The third-order valence-electron chi connectivity index (χ3n) is 1.62. The van der Waals surface area contributed by atoms with Gasteiger partial charge in [0.05, 0.1) is 26.0 Å². The molecule has 0 aromatic rings.